The van der Waals surface area contributed by atoms with E-state index in [1.54, 1.807) is 13.0 Å². The molecule has 0 radical (unpaired) electrons. The van der Waals surface area contributed by atoms with Gasteiger partial charge in [-0.1, -0.05) is 51.5 Å². The molecule has 1 fully saturated rings. The third kappa shape index (κ3) is 4.60. The highest BCUT2D eigenvalue weighted by Gasteiger charge is 2.48. The predicted octanol–water partition coefficient (Wildman–Crippen LogP) is 3.33. The summed E-state index contributed by atoms with van der Waals surface area (Å²) in [4.78, 5) is 11.7. The Morgan fingerprint density at radius 3 is 2.40 bits per heavy atom. The number of methoxy groups -OCH3 is 1. The highest BCUT2D eigenvalue weighted by atomic mass is 16.7. The number of aliphatic hydroxyl groups excluding tert-OH is 1. The van der Waals surface area contributed by atoms with Crippen molar-refractivity contribution in [2.75, 3.05) is 7.11 Å². The van der Waals surface area contributed by atoms with E-state index >= 15 is 0 Å². The van der Waals surface area contributed by atoms with E-state index in [1.807, 2.05) is 0 Å². The van der Waals surface area contributed by atoms with Crippen molar-refractivity contribution in [2.24, 2.45) is 0 Å². The fourth-order valence-electron chi connectivity index (χ4n) is 2.40. The standard InChI is InChI=1S/C16H28O4/c1-4-5-6-7-8-9-10-11-12-13-14(17)16(2,19-3)20-15(13)18/h12,14,17H,4-11H2,1-3H3/b13-12+/t14-,16+/m1/s1. The summed E-state index contributed by atoms with van der Waals surface area (Å²) in [6, 6.07) is 0. The van der Waals surface area contributed by atoms with Gasteiger partial charge < -0.3 is 14.6 Å². The SMILES string of the molecule is CCCCCCCCC/C=C1/C(=O)O[C@](C)(OC)[C@@H]1O. The van der Waals surface area contributed by atoms with Gasteiger partial charge in [-0.25, -0.2) is 4.79 Å². The number of esters is 1. The molecule has 0 aliphatic carbocycles. The summed E-state index contributed by atoms with van der Waals surface area (Å²) in [5.41, 5.74) is 0.334. The summed E-state index contributed by atoms with van der Waals surface area (Å²) < 4.78 is 10.1. The van der Waals surface area contributed by atoms with Crippen LogP contribution >= 0.6 is 0 Å². The molecule has 1 saturated heterocycles. The summed E-state index contributed by atoms with van der Waals surface area (Å²) in [5, 5.41) is 10.0. The van der Waals surface area contributed by atoms with Gasteiger partial charge in [0, 0.05) is 14.0 Å². The Hall–Kier alpha value is -0.870. The Morgan fingerprint density at radius 1 is 1.25 bits per heavy atom. The van der Waals surface area contributed by atoms with Gasteiger partial charge in [-0.05, 0) is 12.8 Å². The minimum atomic E-state index is -1.23. The molecule has 0 unspecified atom stereocenters. The Balaban J connectivity index is 2.27. The maximum atomic E-state index is 11.7. The Bertz CT molecular complexity index is 337. The molecule has 1 N–H and O–H groups in total. The van der Waals surface area contributed by atoms with Crippen molar-refractivity contribution in [3.63, 3.8) is 0 Å². The molecule has 0 aromatic carbocycles. The van der Waals surface area contributed by atoms with Crippen LogP contribution in [0.2, 0.25) is 0 Å². The summed E-state index contributed by atoms with van der Waals surface area (Å²) in [6.07, 6.45) is 10.2. The highest BCUT2D eigenvalue weighted by Crippen LogP contribution is 2.31. The largest absolute Gasteiger partial charge is 0.427 e. The van der Waals surface area contributed by atoms with Gasteiger partial charge in [0.2, 0.25) is 5.79 Å². The van der Waals surface area contributed by atoms with Crippen LogP contribution in [0.25, 0.3) is 0 Å². The monoisotopic (exact) mass is 284 g/mol. The number of carbonyl (C=O) groups excluding carboxylic acids is 1. The lowest BCUT2D eigenvalue weighted by molar-refractivity contribution is -0.218. The summed E-state index contributed by atoms with van der Waals surface area (Å²) in [7, 11) is 1.43. The van der Waals surface area contributed by atoms with Crippen LogP contribution in [0.15, 0.2) is 11.6 Å². The molecule has 0 bridgehead atoms. The number of allylic oxidation sites excluding steroid dienone is 1. The maximum Gasteiger partial charge on any atom is 0.339 e. The van der Waals surface area contributed by atoms with Crippen LogP contribution in [0.4, 0.5) is 0 Å². The van der Waals surface area contributed by atoms with Crippen molar-refractivity contribution in [1.29, 1.82) is 0 Å². The van der Waals surface area contributed by atoms with Crippen molar-refractivity contribution < 1.29 is 19.4 Å². The molecule has 1 aliphatic heterocycles. The molecule has 0 saturated carbocycles. The molecule has 0 aromatic rings. The number of aliphatic hydroxyl groups is 1. The van der Waals surface area contributed by atoms with E-state index in [0.29, 0.717) is 5.57 Å². The molecular weight excluding hydrogens is 256 g/mol. The van der Waals surface area contributed by atoms with E-state index in [2.05, 4.69) is 6.92 Å². The molecule has 1 aliphatic rings. The normalized spacial score (nSPS) is 28.1. The van der Waals surface area contributed by atoms with E-state index in [0.717, 1.165) is 12.8 Å². The van der Waals surface area contributed by atoms with Crippen LogP contribution < -0.4 is 0 Å². The lowest BCUT2D eigenvalue weighted by Gasteiger charge is -2.23. The first kappa shape index (κ1) is 17.2. The van der Waals surface area contributed by atoms with E-state index in [9.17, 15) is 9.90 Å². The summed E-state index contributed by atoms with van der Waals surface area (Å²) >= 11 is 0. The minimum absolute atomic E-state index is 0.334. The van der Waals surface area contributed by atoms with Gasteiger partial charge in [0.05, 0.1) is 5.57 Å². The quantitative estimate of drug-likeness (QED) is 0.401. The number of ether oxygens (including phenoxy) is 2. The molecular formula is C16H28O4. The van der Waals surface area contributed by atoms with Crippen molar-refractivity contribution >= 4 is 5.97 Å². The second kappa shape index (κ2) is 8.42. The van der Waals surface area contributed by atoms with Gasteiger partial charge in [-0.2, -0.15) is 0 Å². The maximum absolute atomic E-state index is 11.7. The Morgan fingerprint density at radius 2 is 1.85 bits per heavy atom. The Kier molecular flexibility index (Phi) is 7.24. The van der Waals surface area contributed by atoms with E-state index in [1.165, 1.54) is 45.6 Å². The minimum Gasteiger partial charge on any atom is -0.427 e. The second-order valence-electron chi connectivity index (χ2n) is 5.58. The molecule has 0 aromatic heterocycles. The van der Waals surface area contributed by atoms with Gasteiger partial charge in [0.25, 0.3) is 0 Å². The summed E-state index contributed by atoms with van der Waals surface area (Å²) in [5.74, 6) is -1.70. The van der Waals surface area contributed by atoms with Gasteiger partial charge in [-0.15, -0.1) is 0 Å². The van der Waals surface area contributed by atoms with Gasteiger partial charge in [0.15, 0.2) is 6.10 Å². The van der Waals surface area contributed by atoms with Crippen LogP contribution in [-0.4, -0.2) is 30.1 Å². The second-order valence-corrected chi connectivity index (χ2v) is 5.58. The molecule has 20 heavy (non-hydrogen) atoms. The first-order chi connectivity index (χ1) is 9.55. The van der Waals surface area contributed by atoms with Gasteiger partial charge in [0.1, 0.15) is 0 Å². The lowest BCUT2D eigenvalue weighted by Crippen LogP contribution is -2.38. The third-order valence-electron chi connectivity index (χ3n) is 3.90. The number of rotatable bonds is 9. The topological polar surface area (TPSA) is 55.8 Å². The fraction of sp³-hybridized carbons (Fsp3) is 0.812. The molecule has 0 spiro atoms. The van der Waals surface area contributed by atoms with Gasteiger partial charge >= 0.3 is 5.97 Å². The summed E-state index contributed by atoms with van der Waals surface area (Å²) in [6.45, 7) is 3.79. The molecule has 0 amide bonds. The molecule has 2 atom stereocenters. The Labute approximate surface area is 122 Å². The van der Waals surface area contributed by atoms with Crippen molar-refractivity contribution in [2.45, 2.75) is 77.1 Å². The van der Waals surface area contributed by atoms with E-state index in [-0.39, 0.29) is 0 Å². The number of hydrogen-bond acceptors (Lipinski definition) is 4. The fourth-order valence-corrected chi connectivity index (χ4v) is 2.40. The lowest BCUT2D eigenvalue weighted by atomic mass is 10.0. The molecule has 1 rings (SSSR count). The molecule has 4 nitrogen and oxygen atoms in total. The number of carbonyl (C=O) groups is 1. The average Bonchev–Trinajstić information content (AvgIpc) is 2.65. The van der Waals surface area contributed by atoms with E-state index in [4.69, 9.17) is 9.47 Å². The number of unbranched alkanes of at least 4 members (excludes halogenated alkanes) is 7. The van der Waals surface area contributed by atoms with E-state index < -0.39 is 17.9 Å². The first-order valence-electron chi connectivity index (χ1n) is 7.71. The van der Waals surface area contributed by atoms with Crippen LogP contribution in [0.3, 0.4) is 0 Å². The van der Waals surface area contributed by atoms with Gasteiger partial charge in [-0.3, -0.25) is 0 Å². The van der Waals surface area contributed by atoms with Crippen molar-refractivity contribution in [3.05, 3.63) is 11.6 Å². The third-order valence-corrected chi connectivity index (χ3v) is 3.90. The number of hydrogen-bond donors (Lipinski definition) is 1. The van der Waals surface area contributed by atoms with Crippen LogP contribution in [0, 0.1) is 0 Å². The zero-order chi connectivity index (χ0) is 15.0. The zero-order valence-corrected chi connectivity index (χ0v) is 13.0. The van der Waals surface area contributed by atoms with Crippen LogP contribution in [0.1, 0.15) is 65.2 Å². The molecule has 116 valence electrons. The van der Waals surface area contributed by atoms with Crippen molar-refractivity contribution in [3.8, 4) is 0 Å². The molecule has 4 heteroatoms. The van der Waals surface area contributed by atoms with Crippen LogP contribution in [-0.2, 0) is 14.3 Å². The molecule has 1 heterocycles. The highest BCUT2D eigenvalue weighted by molar-refractivity contribution is 5.92. The predicted molar refractivity (Wildman–Crippen MR) is 78.2 cm³/mol. The van der Waals surface area contributed by atoms with Crippen LogP contribution in [0.5, 0.6) is 0 Å². The first-order valence-corrected chi connectivity index (χ1v) is 7.71. The zero-order valence-electron chi connectivity index (χ0n) is 13.0. The average molecular weight is 284 g/mol. The smallest absolute Gasteiger partial charge is 0.339 e. The number of cyclic esters (lactones) is 1. The van der Waals surface area contributed by atoms with Crippen molar-refractivity contribution in [1.82, 2.24) is 0 Å².